The van der Waals surface area contributed by atoms with E-state index in [4.69, 9.17) is 18.9 Å². The van der Waals surface area contributed by atoms with Gasteiger partial charge in [-0.15, -0.1) is 0 Å². The molecular weight excluding hydrogens is 887 g/mol. The van der Waals surface area contributed by atoms with Crippen molar-refractivity contribution in [2.75, 3.05) is 47.5 Å². The van der Waals surface area contributed by atoms with E-state index in [1.54, 1.807) is 0 Å². The van der Waals surface area contributed by atoms with Crippen molar-refractivity contribution in [1.82, 2.24) is 0 Å². The molecule has 2 atom stereocenters. The van der Waals surface area contributed by atoms with Crippen molar-refractivity contribution in [3.8, 4) is 0 Å². The van der Waals surface area contributed by atoms with E-state index in [1.807, 2.05) is 21.1 Å². The Kier molecular flexibility index (Phi) is 48.0. The number of carbonyl (C=O) groups is 3. The summed E-state index contributed by atoms with van der Waals surface area (Å²) in [6, 6.07) is 0. The minimum absolute atomic E-state index is 0.128. The average molecular weight is 984 g/mol. The molecule has 398 valence electrons. The highest BCUT2D eigenvalue weighted by molar-refractivity contribution is 5.70. The number of esters is 2. The predicted octanol–water partition coefficient (Wildman–Crippen LogP) is 14.3. The van der Waals surface area contributed by atoms with Gasteiger partial charge < -0.3 is 33.3 Å². The van der Waals surface area contributed by atoms with Crippen LogP contribution in [0.15, 0.2) is 146 Å². The van der Waals surface area contributed by atoms with Gasteiger partial charge in [0, 0.05) is 12.8 Å². The maximum atomic E-state index is 12.8. The van der Waals surface area contributed by atoms with E-state index < -0.39 is 30.3 Å². The lowest BCUT2D eigenvalue weighted by Crippen LogP contribution is -2.44. The monoisotopic (exact) mass is 984 g/mol. The molecule has 9 nitrogen and oxygen atoms in total. The number of unbranched alkanes of at least 4 members (excludes halogenated alkanes) is 8. The minimum atomic E-state index is -1.65. The number of hydrogen-bond donors (Lipinski definition) is 0. The molecule has 0 aromatic carbocycles. The Bertz CT molecular complexity index is 1670. The van der Waals surface area contributed by atoms with Crippen molar-refractivity contribution in [3.05, 3.63) is 146 Å². The van der Waals surface area contributed by atoms with Gasteiger partial charge in [0.2, 0.25) is 0 Å². The number of quaternary nitrogens is 1. The molecule has 0 fully saturated rings. The standard InChI is InChI=1S/C62H97NO8/c1-6-8-10-12-14-16-18-20-21-22-23-24-25-26-27-28-29-30-31-32-33-34-35-36-37-38-39-41-43-45-47-49-51-53-60(65)71-58(57-70-62(61(66)67)68-55-54-63(3,4)5)56-69-59(64)52-50-48-46-44-42-40-19-17-15-13-11-9-7-2/h8,10-11,13-14,16-17,19-21,23-24,26-27,29-30,32-33,35-36,38-39,43,45,58,62H,6-7,9,12,15,18,22,25,28,31,34,37,40-42,44,46-57H2,1-5H3/b10-8-,13-11-,16-14-,19-17-,21-20-,24-23-,27-26-,30-29-,33-32-,36-35-,39-38-,45-43-. The SMILES string of the molecule is CC/C=C\C/C=C\C/C=C\C/C=C\C/C=C\C/C=C\C/C=C\C/C=C\C/C=C\C/C=C\CCCCC(=O)OC(COC(=O)CCCCCCC/C=C\C/C=C\CCC)COC(OCC[N+](C)(C)C)C(=O)[O-]. The first kappa shape index (κ1) is 66.2. The molecule has 0 aliphatic rings. The number of hydrogen-bond acceptors (Lipinski definition) is 8. The topological polar surface area (TPSA) is 111 Å². The van der Waals surface area contributed by atoms with Crippen molar-refractivity contribution in [1.29, 1.82) is 0 Å². The molecule has 0 saturated heterocycles. The summed E-state index contributed by atoms with van der Waals surface area (Å²) in [4.78, 5) is 37.1. The molecule has 9 heteroatoms. The fourth-order valence-corrected chi connectivity index (χ4v) is 6.42. The summed E-state index contributed by atoms with van der Waals surface area (Å²) in [5, 5.41) is 11.7. The van der Waals surface area contributed by atoms with Crippen molar-refractivity contribution >= 4 is 17.9 Å². The second-order valence-corrected chi connectivity index (χ2v) is 18.4. The Morgan fingerprint density at radius 3 is 1.23 bits per heavy atom. The van der Waals surface area contributed by atoms with Crippen LogP contribution in [0.5, 0.6) is 0 Å². The average Bonchev–Trinajstić information content (AvgIpc) is 3.34. The summed E-state index contributed by atoms with van der Waals surface area (Å²) in [7, 11) is 5.88. The smallest absolute Gasteiger partial charge is 0.306 e. The lowest BCUT2D eigenvalue weighted by atomic mass is 10.1. The molecule has 0 N–H and O–H groups in total. The highest BCUT2D eigenvalue weighted by Gasteiger charge is 2.21. The summed E-state index contributed by atoms with van der Waals surface area (Å²) < 4.78 is 22.5. The molecule has 0 aliphatic heterocycles. The second kappa shape index (κ2) is 51.5. The van der Waals surface area contributed by atoms with Crippen LogP contribution in [-0.2, 0) is 33.3 Å². The van der Waals surface area contributed by atoms with Crippen LogP contribution in [-0.4, -0.2) is 82.3 Å². The zero-order chi connectivity index (χ0) is 52.0. The van der Waals surface area contributed by atoms with Crippen LogP contribution < -0.4 is 5.11 Å². The number of carboxylic acid groups (broad SMARTS) is 1. The summed E-state index contributed by atoms with van der Waals surface area (Å²) in [6.07, 6.45) is 71.9. The number of ether oxygens (including phenoxy) is 4. The zero-order valence-corrected chi connectivity index (χ0v) is 45.0. The molecule has 0 radical (unpaired) electrons. The molecule has 0 aromatic rings. The maximum absolute atomic E-state index is 12.8. The molecule has 0 spiro atoms. The van der Waals surface area contributed by atoms with E-state index in [9.17, 15) is 19.5 Å². The van der Waals surface area contributed by atoms with E-state index in [-0.39, 0.29) is 32.7 Å². The first-order valence-electron chi connectivity index (χ1n) is 27.0. The molecule has 71 heavy (non-hydrogen) atoms. The lowest BCUT2D eigenvalue weighted by Gasteiger charge is -2.26. The first-order valence-corrected chi connectivity index (χ1v) is 27.0. The fraction of sp³-hybridized carbons (Fsp3) is 0.565. The van der Waals surface area contributed by atoms with Crippen LogP contribution in [0, 0.1) is 0 Å². The molecule has 0 bridgehead atoms. The normalized spacial score (nSPS) is 14.0. The van der Waals surface area contributed by atoms with Crippen LogP contribution >= 0.6 is 0 Å². The van der Waals surface area contributed by atoms with E-state index in [0.29, 0.717) is 23.9 Å². The Balaban J connectivity index is 4.39. The molecule has 0 saturated carbocycles. The Labute approximate surface area is 432 Å². The maximum Gasteiger partial charge on any atom is 0.306 e. The fourth-order valence-electron chi connectivity index (χ4n) is 6.42. The van der Waals surface area contributed by atoms with Gasteiger partial charge in [0.1, 0.15) is 13.2 Å². The molecular formula is C62H97NO8. The van der Waals surface area contributed by atoms with Crippen LogP contribution in [0.3, 0.4) is 0 Å². The van der Waals surface area contributed by atoms with Crippen molar-refractivity contribution < 1.29 is 42.9 Å². The predicted molar refractivity (Wildman–Crippen MR) is 296 cm³/mol. The Hall–Kier alpha value is -4.83. The highest BCUT2D eigenvalue weighted by Crippen LogP contribution is 2.11. The third kappa shape index (κ3) is 52.8. The highest BCUT2D eigenvalue weighted by atomic mass is 16.7. The number of aliphatic carboxylic acids is 1. The zero-order valence-electron chi connectivity index (χ0n) is 45.0. The molecule has 0 heterocycles. The number of nitrogens with zero attached hydrogens (tertiary/aromatic N) is 1. The number of carbonyl (C=O) groups excluding carboxylic acids is 3. The molecule has 2 unspecified atom stereocenters. The van der Waals surface area contributed by atoms with Crippen LogP contribution in [0.1, 0.15) is 168 Å². The Morgan fingerprint density at radius 2 is 0.803 bits per heavy atom. The van der Waals surface area contributed by atoms with Gasteiger partial charge in [-0.25, -0.2) is 0 Å². The van der Waals surface area contributed by atoms with Gasteiger partial charge in [-0.1, -0.05) is 185 Å². The molecule has 0 amide bonds. The number of rotatable bonds is 47. The van der Waals surface area contributed by atoms with Gasteiger partial charge in [-0.2, -0.15) is 0 Å². The second-order valence-electron chi connectivity index (χ2n) is 18.4. The van der Waals surface area contributed by atoms with Crippen LogP contribution in [0.25, 0.3) is 0 Å². The summed E-state index contributed by atoms with van der Waals surface area (Å²) in [6.45, 7) is 4.45. The lowest BCUT2D eigenvalue weighted by molar-refractivity contribution is -0.870. The molecule has 0 aromatic heterocycles. The van der Waals surface area contributed by atoms with Gasteiger partial charge in [0.05, 0.1) is 40.3 Å². The van der Waals surface area contributed by atoms with Gasteiger partial charge in [0.15, 0.2) is 12.4 Å². The van der Waals surface area contributed by atoms with E-state index >= 15 is 0 Å². The third-order valence-corrected chi connectivity index (χ3v) is 10.6. The third-order valence-electron chi connectivity index (χ3n) is 10.6. The van der Waals surface area contributed by atoms with Crippen LogP contribution in [0.2, 0.25) is 0 Å². The van der Waals surface area contributed by atoms with Gasteiger partial charge in [0.25, 0.3) is 0 Å². The minimum Gasteiger partial charge on any atom is -0.545 e. The van der Waals surface area contributed by atoms with Gasteiger partial charge in [-0.05, 0) is 116 Å². The van der Waals surface area contributed by atoms with E-state index in [1.165, 1.54) is 6.42 Å². The van der Waals surface area contributed by atoms with Gasteiger partial charge >= 0.3 is 11.9 Å². The van der Waals surface area contributed by atoms with Gasteiger partial charge in [-0.3, -0.25) is 9.59 Å². The summed E-state index contributed by atoms with van der Waals surface area (Å²) in [5.74, 6) is -2.39. The Morgan fingerprint density at radius 1 is 0.437 bits per heavy atom. The van der Waals surface area contributed by atoms with Crippen LogP contribution in [0.4, 0.5) is 0 Å². The number of likely N-dealkylation sites (N-methyl/N-ethyl adjacent to an activating group) is 1. The molecule has 0 aliphatic carbocycles. The first-order chi connectivity index (χ1) is 34.6. The number of allylic oxidation sites excluding steroid dienone is 24. The van der Waals surface area contributed by atoms with Crippen molar-refractivity contribution in [2.24, 2.45) is 0 Å². The van der Waals surface area contributed by atoms with Crippen molar-refractivity contribution in [3.63, 3.8) is 0 Å². The van der Waals surface area contributed by atoms with Crippen molar-refractivity contribution in [2.45, 2.75) is 180 Å². The largest absolute Gasteiger partial charge is 0.545 e. The number of carboxylic acids is 1. The molecule has 0 rings (SSSR count). The van der Waals surface area contributed by atoms with E-state index in [2.05, 4.69) is 160 Å². The summed E-state index contributed by atoms with van der Waals surface area (Å²) in [5.41, 5.74) is 0. The summed E-state index contributed by atoms with van der Waals surface area (Å²) >= 11 is 0. The quantitative estimate of drug-likeness (QED) is 0.0195. The van der Waals surface area contributed by atoms with E-state index in [0.717, 1.165) is 122 Å².